The van der Waals surface area contributed by atoms with Gasteiger partial charge in [-0.15, -0.1) is 0 Å². The van der Waals surface area contributed by atoms with Gasteiger partial charge >= 0.3 is 0 Å². The predicted octanol–water partition coefficient (Wildman–Crippen LogP) is 4.26. The molecule has 0 aliphatic rings. The number of amides is 1. The number of aromatic nitrogens is 2. The quantitative estimate of drug-likeness (QED) is 0.536. The van der Waals surface area contributed by atoms with Crippen molar-refractivity contribution in [3.05, 3.63) is 77.1 Å². The van der Waals surface area contributed by atoms with Gasteiger partial charge < -0.3 is 10.1 Å². The van der Waals surface area contributed by atoms with E-state index >= 15 is 0 Å². The molecule has 0 spiro atoms. The number of carbonyl (C=O) groups excluding carboxylic acids is 1. The van der Waals surface area contributed by atoms with Gasteiger partial charge in [-0.1, -0.05) is 17.7 Å². The molecular weight excluding hydrogens is 388 g/mol. The summed E-state index contributed by atoms with van der Waals surface area (Å²) in [6, 6.07) is 16.5. The molecule has 0 unspecified atom stereocenters. The number of ether oxygens (including phenoxy) is 1. The van der Waals surface area contributed by atoms with Crippen molar-refractivity contribution in [3.63, 3.8) is 0 Å². The van der Waals surface area contributed by atoms with Gasteiger partial charge in [0.25, 0.3) is 0 Å². The molecule has 1 aromatic heterocycles. The number of nitrogens with zero attached hydrogens (tertiary/aromatic N) is 3. The first-order chi connectivity index (χ1) is 14.1. The summed E-state index contributed by atoms with van der Waals surface area (Å²) in [5.41, 5.74) is 2.41. The molecule has 0 bridgehead atoms. The molecule has 0 radical (unpaired) electrons. The standard InChI is InChI=1S/C22H21ClN4O2/c23-19-7-9-20(10-8-19)27-16-18(15-26-27)14-25-22(28)6-1-2-11-29-21-5-3-4-17(12-21)13-24/h3-5,7-10,12,15-16H,1-2,6,11,14H2,(H,25,28). The third kappa shape index (κ3) is 6.37. The third-order valence-electron chi connectivity index (χ3n) is 4.25. The predicted molar refractivity (Wildman–Crippen MR) is 111 cm³/mol. The second kappa shape index (κ2) is 10.3. The van der Waals surface area contributed by atoms with E-state index in [-0.39, 0.29) is 5.91 Å². The van der Waals surface area contributed by atoms with Crippen LogP contribution in [0.15, 0.2) is 60.9 Å². The summed E-state index contributed by atoms with van der Waals surface area (Å²) in [6.07, 6.45) is 5.55. The molecule has 7 heteroatoms. The zero-order valence-corrected chi connectivity index (χ0v) is 16.6. The van der Waals surface area contributed by atoms with E-state index < -0.39 is 0 Å². The molecule has 6 nitrogen and oxygen atoms in total. The number of nitrogens with one attached hydrogen (secondary N) is 1. The average Bonchev–Trinajstić information content (AvgIpc) is 3.22. The maximum atomic E-state index is 12.0. The molecule has 0 saturated heterocycles. The van der Waals surface area contributed by atoms with E-state index in [1.54, 1.807) is 29.1 Å². The number of hydrogen-bond acceptors (Lipinski definition) is 4. The number of halogens is 1. The van der Waals surface area contributed by atoms with Gasteiger partial charge in [0.1, 0.15) is 5.75 Å². The molecule has 0 saturated carbocycles. The fourth-order valence-electron chi connectivity index (χ4n) is 2.71. The first-order valence-corrected chi connectivity index (χ1v) is 9.71. The van der Waals surface area contributed by atoms with Crippen LogP contribution in [0.4, 0.5) is 0 Å². The molecule has 0 aliphatic carbocycles. The molecule has 0 aliphatic heterocycles. The Balaban J connectivity index is 1.34. The van der Waals surface area contributed by atoms with Gasteiger partial charge in [0.2, 0.25) is 5.91 Å². The summed E-state index contributed by atoms with van der Waals surface area (Å²) < 4.78 is 7.36. The second-order valence-electron chi connectivity index (χ2n) is 6.49. The van der Waals surface area contributed by atoms with Crippen molar-refractivity contribution in [3.8, 4) is 17.5 Å². The zero-order chi connectivity index (χ0) is 20.5. The van der Waals surface area contributed by atoms with Crippen LogP contribution in [0.1, 0.15) is 30.4 Å². The summed E-state index contributed by atoms with van der Waals surface area (Å²) >= 11 is 5.90. The highest BCUT2D eigenvalue weighted by Gasteiger charge is 2.05. The van der Waals surface area contributed by atoms with E-state index in [1.165, 1.54) is 0 Å². The monoisotopic (exact) mass is 408 g/mol. The van der Waals surface area contributed by atoms with E-state index in [4.69, 9.17) is 21.6 Å². The minimum absolute atomic E-state index is 0.00396. The minimum atomic E-state index is -0.00396. The number of carbonyl (C=O) groups is 1. The highest BCUT2D eigenvalue weighted by Crippen LogP contribution is 2.14. The number of benzene rings is 2. The Bertz CT molecular complexity index is 993. The lowest BCUT2D eigenvalue weighted by Crippen LogP contribution is -2.22. The molecule has 0 fully saturated rings. The molecule has 2 aromatic carbocycles. The SMILES string of the molecule is N#Cc1cccc(OCCCCC(=O)NCc2cnn(-c3ccc(Cl)cc3)c2)c1. The van der Waals surface area contributed by atoms with Crippen LogP contribution < -0.4 is 10.1 Å². The highest BCUT2D eigenvalue weighted by atomic mass is 35.5. The van der Waals surface area contributed by atoms with Gasteiger partial charge in [0.05, 0.1) is 30.1 Å². The summed E-state index contributed by atoms with van der Waals surface area (Å²) in [5.74, 6) is 0.668. The maximum absolute atomic E-state index is 12.0. The van der Waals surface area contributed by atoms with E-state index in [2.05, 4.69) is 16.5 Å². The van der Waals surface area contributed by atoms with Crippen molar-refractivity contribution in [2.24, 2.45) is 0 Å². The molecule has 1 heterocycles. The van der Waals surface area contributed by atoms with Crippen molar-refractivity contribution in [2.45, 2.75) is 25.8 Å². The smallest absolute Gasteiger partial charge is 0.220 e. The topological polar surface area (TPSA) is 79.9 Å². The minimum Gasteiger partial charge on any atom is -0.494 e. The molecule has 148 valence electrons. The van der Waals surface area contributed by atoms with E-state index in [1.807, 2.05) is 36.5 Å². The first kappa shape index (κ1) is 20.4. The molecule has 0 atom stereocenters. The number of rotatable bonds is 9. The van der Waals surface area contributed by atoms with Gasteiger partial charge in [-0.05, 0) is 55.3 Å². The summed E-state index contributed by atoms with van der Waals surface area (Å²) in [5, 5.41) is 16.8. The molecule has 29 heavy (non-hydrogen) atoms. The molecule has 1 amide bonds. The first-order valence-electron chi connectivity index (χ1n) is 9.33. The van der Waals surface area contributed by atoms with Crippen LogP contribution >= 0.6 is 11.6 Å². The largest absolute Gasteiger partial charge is 0.494 e. The van der Waals surface area contributed by atoms with Gasteiger partial charge in [0.15, 0.2) is 0 Å². The third-order valence-corrected chi connectivity index (χ3v) is 4.50. The number of unbranched alkanes of at least 4 members (excludes halogenated alkanes) is 1. The van der Waals surface area contributed by atoms with Crippen LogP contribution in [-0.2, 0) is 11.3 Å². The van der Waals surface area contributed by atoms with Crippen LogP contribution in [0.3, 0.4) is 0 Å². The summed E-state index contributed by atoms with van der Waals surface area (Å²) in [4.78, 5) is 12.0. The number of hydrogen-bond donors (Lipinski definition) is 1. The van der Waals surface area contributed by atoms with Crippen molar-refractivity contribution in [1.82, 2.24) is 15.1 Å². The van der Waals surface area contributed by atoms with Crippen molar-refractivity contribution in [1.29, 1.82) is 5.26 Å². The fourth-order valence-corrected chi connectivity index (χ4v) is 2.83. The second-order valence-corrected chi connectivity index (χ2v) is 6.93. The molecule has 3 aromatic rings. The summed E-state index contributed by atoms with van der Waals surface area (Å²) in [7, 11) is 0. The molecular formula is C22H21ClN4O2. The lowest BCUT2D eigenvalue weighted by molar-refractivity contribution is -0.121. The Morgan fingerprint density at radius 3 is 2.83 bits per heavy atom. The van der Waals surface area contributed by atoms with Gasteiger partial charge in [0, 0.05) is 29.7 Å². The van der Waals surface area contributed by atoms with Crippen LogP contribution in [0, 0.1) is 11.3 Å². The Kier molecular flexibility index (Phi) is 7.26. The van der Waals surface area contributed by atoms with E-state index in [0.717, 1.165) is 24.1 Å². The van der Waals surface area contributed by atoms with Crippen LogP contribution in [0.2, 0.25) is 5.02 Å². The maximum Gasteiger partial charge on any atom is 0.220 e. The lowest BCUT2D eigenvalue weighted by Gasteiger charge is -2.07. The van der Waals surface area contributed by atoms with Crippen molar-refractivity contribution >= 4 is 17.5 Å². The average molecular weight is 409 g/mol. The van der Waals surface area contributed by atoms with E-state index in [0.29, 0.717) is 35.9 Å². The van der Waals surface area contributed by atoms with Crippen molar-refractivity contribution in [2.75, 3.05) is 6.61 Å². The van der Waals surface area contributed by atoms with Crippen molar-refractivity contribution < 1.29 is 9.53 Å². The Morgan fingerprint density at radius 2 is 2.03 bits per heavy atom. The lowest BCUT2D eigenvalue weighted by atomic mass is 10.2. The van der Waals surface area contributed by atoms with Crippen LogP contribution in [0.25, 0.3) is 5.69 Å². The van der Waals surface area contributed by atoms with Gasteiger partial charge in [-0.3, -0.25) is 4.79 Å². The Morgan fingerprint density at radius 1 is 1.21 bits per heavy atom. The van der Waals surface area contributed by atoms with Gasteiger partial charge in [-0.25, -0.2) is 4.68 Å². The Hall–Kier alpha value is -3.30. The normalized spacial score (nSPS) is 10.3. The fraction of sp³-hybridized carbons (Fsp3) is 0.227. The van der Waals surface area contributed by atoms with Gasteiger partial charge in [-0.2, -0.15) is 10.4 Å². The van der Waals surface area contributed by atoms with Crippen LogP contribution in [0.5, 0.6) is 5.75 Å². The van der Waals surface area contributed by atoms with Crippen LogP contribution in [-0.4, -0.2) is 22.3 Å². The highest BCUT2D eigenvalue weighted by molar-refractivity contribution is 6.30. The number of nitriles is 1. The molecule has 1 N–H and O–H groups in total. The Labute approximate surface area is 174 Å². The summed E-state index contributed by atoms with van der Waals surface area (Å²) in [6.45, 7) is 0.944. The van der Waals surface area contributed by atoms with E-state index in [9.17, 15) is 4.79 Å². The molecule has 3 rings (SSSR count). The zero-order valence-electron chi connectivity index (χ0n) is 15.8.